The molecule has 8 heteroatoms. The third-order valence-corrected chi connectivity index (χ3v) is 7.07. The number of carbonyl (C=O) groups excluding carboxylic acids is 1. The average molecular weight is 463 g/mol. The molecule has 0 saturated carbocycles. The van der Waals surface area contributed by atoms with Crippen molar-refractivity contribution >= 4 is 56.5 Å². The predicted octanol–water partition coefficient (Wildman–Crippen LogP) is 4.94. The third kappa shape index (κ3) is 5.06. The van der Waals surface area contributed by atoms with E-state index in [9.17, 15) is 4.79 Å². The first-order valence-electron chi connectivity index (χ1n) is 10.2. The van der Waals surface area contributed by atoms with Crippen LogP contribution in [0, 0.1) is 0 Å². The van der Waals surface area contributed by atoms with Crippen molar-refractivity contribution in [1.82, 2.24) is 14.6 Å². The van der Waals surface area contributed by atoms with Gasteiger partial charge in [-0.2, -0.15) is 4.37 Å². The molecule has 0 bridgehead atoms. The first-order valence-corrected chi connectivity index (χ1v) is 11.7. The monoisotopic (exact) mass is 462 g/mol. The summed E-state index contributed by atoms with van der Waals surface area (Å²) < 4.78 is 4.57. The lowest BCUT2D eigenvalue weighted by Gasteiger charge is -2.35. The Labute approximate surface area is 190 Å². The highest BCUT2D eigenvalue weighted by Crippen LogP contribution is 2.31. The Morgan fingerprint density at radius 1 is 1.03 bits per heavy atom. The molecule has 5 nitrogen and oxygen atoms in total. The van der Waals surface area contributed by atoms with E-state index >= 15 is 0 Å². The second-order valence-electron chi connectivity index (χ2n) is 7.43. The number of anilines is 1. The zero-order chi connectivity index (χ0) is 20.9. The van der Waals surface area contributed by atoms with E-state index in [1.807, 2.05) is 6.07 Å². The number of halogens is 2. The quantitative estimate of drug-likeness (QED) is 0.505. The molecule has 1 aromatic heterocycles. The van der Waals surface area contributed by atoms with Crippen LogP contribution in [0.4, 0.5) is 5.00 Å². The second kappa shape index (κ2) is 9.96. The lowest BCUT2D eigenvalue weighted by molar-refractivity contribution is 0.0952. The number of aromatic nitrogens is 1. The Balaban J connectivity index is 1.16. The van der Waals surface area contributed by atoms with Crippen LogP contribution in [0.3, 0.4) is 0 Å². The second-order valence-corrected chi connectivity index (χ2v) is 8.99. The number of benzene rings is 2. The summed E-state index contributed by atoms with van der Waals surface area (Å²) >= 11 is 13.5. The molecule has 0 radical (unpaired) electrons. The van der Waals surface area contributed by atoms with Gasteiger partial charge in [0, 0.05) is 43.7 Å². The van der Waals surface area contributed by atoms with Gasteiger partial charge in [-0.25, -0.2) is 0 Å². The molecule has 0 spiro atoms. The van der Waals surface area contributed by atoms with Gasteiger partial charge in [-0.1, -0.05) is 35.3 Å². The van der Waals surface area contributed by atoms with Gasteiger partial charge in [0.15, 0.2) is 0 Å². The first-order chi connectivity index (χ1) is 14.6. The SMILES string of the molecule is O=C(NCCCCN1CCN(c2snc3ccccc23)CC1)c1ccc(Cl)c(Cl)c1. The number of fused-ring (bicyclic) bond motifs is 1. The number of piperazine rings is 1. The van der Waals surface area contributed by atoms with Crippen LogP contribution in [0.2, 0.25) is 10.0 Å². The number of hydrogen-bond acceptors (Lipinski definition) is 5. The molecule has 0 unspecified atom stereocenters. The fourth-order valence-electron chi connectivity index (χ4n) is 3.68. The van der Waals surface area contributed by atoms with Crippen molar-refractivity contribution in [3.05, 3.63) is 58.1 Å². The van der Waals surface area contributed by atoms with Crippen LogP contribution in [0.1, 0.15) is 23.2 Å². The Hall–Kier alpha value is -1.86. The zero-order valence-electron chi connectivity index (χ0n) is 16.6. The Morgan fingerprint density at radius 2 is 1.83 bits per heavy atom. The molecule has 1 saturated heterocycles. The van der Waals surface area contributed by atoms with Gasteiger partial charge in [-0.3, -0.25) is 9.69 Å². The van der Waals surface area contributed by atoms with Crippen molar-refractivity contribution in [2.45, 2.75) is 12.8 Å². The molecule has 30 heavy (non-hydrogen) atoms. The molecule has 158 valence electrons. The zero-order valence-corrected chi connectivity index (χ0v) is 18.9. The van der Waals surface area contributed by atoms with Gasteiger partial charge >= 0.3 is 0 Å². The van der Waals surface area contributed by atoms with Crippen molar-refractivity contribution < 1.29 is 4.79 Å². The van der Waals surface area contributed by atoms with Gasteiger partial charge in [-0.15, -0.1) is 0 Å². The number of amides is 1. The Kier molecular flexibility index (Phi) is 7.10. The summed E-state index contributed by atoms with van der Waals surface area (Å²) in [4.78, 5) is 17.1. The molecule has 2 heterocycles. The molecule has 1 aliphatic heterocycles. The number of unbranched alkanes of at least 4 members (excludes halogenated alkanes) is 1. The summed E-state index contributed by atoms with van der Waals surface area (Å²) in [5, 5.41) is 6.35. The van der Waals surface area contributed by atoms with Crippen molar-refractivity contribution in [3.63, 3.8) is 0 Å². The smallest absolute Gasteiger partial charge is 0.251 e. The van der Waals surface area contributed by atoms with Crippen LogP contribution in [0.5, 0.6) is 0 Å². The fourth-order valence-corrected chi connectivity index (χ4v) is 4.89. The Bertz CT molecular complexity index is 1020. The molecule has 0 aliphatic carbocycles. The van der Waals surface area contributed by atoms with E-state index in [1.54, 1.807) is 29.7 Å². The molecule has 2 aromatic carbocycles. The molecule has 1 fully saturated rings. The minimum absolute atomic E-state index is 0.112. The molecular weight excluding hydrogens is 439 g/mol. The lowest BCUT2D eigenvalue weighted by Crippen LogP contribution is -2.46. The minimum atomic E-state index is -0.112. The summed E-state index contributed by atoms with van der Waals surface area (Å²) in [6.45, 7) is 5.88. The van der Waals surface area contributed by atoms with Crippen LogP contribution in [0.15, 0.2) is 42.5 Å². The highest BCUT2D eigenvalue weighted by molar-refractivity contribution is 7.11. The van der Waals surface area contributed by atoms with Gasteiger partial charge in [0.25, 0.3) is 5.91 Å². The van der Waals surface area contributed by atoms with Crippen LogP contribution in [0.25, 0.3) is 10.9 Å². The largest absolute Gasteiger partial charge is 0.359 e. The van der Waals surface area contributed by atoms with E-state index < -0.39 is 0 Å². The van der Waals surface area contributed by atoms with E-state index in [0.29, 0.717) is 22.2 Å². The molecule has 1 aliphatic rings. The number of carbonyl (C=O) groups is 1. The van der Waals surface area contributed by atoms with E-state index in [2.05, 4.69) is 37.7 Å². The van der Waals surface area contributed by atoms with Gasteiger partial charge < -0.3 is 10.2 Å². The standard InChI is InChI=1S/C22H24Cl2N4OS/c23-18-8-7-16(15-19(18)24)21(29)25-9-3-4-10-27-11-13-28(14-12-27)22-17-5-1-2-6-20(17)26-30-22/h1-2,5-8,15H,3-4,9-14H2,(H,25,29). The fraction of sp³-hybridized carbons (Fsp3) is 0.364. The number of nitrogens with one attached hydrogen (secondary N) is 1. The molecule has 4 rings (SSSR count). The molecule has 3 aromatic rings. The third-order valence-electron chi connectivity index (χ3n) is 5.39. The number of nitrogens with zero attached hydrogens (tertiary/aromatic N) is 3. The van der Waals surface area contributed by atoms with Crippen molar-refractivity contribution in [1.29, 1.82) is 0 Å². The van der Waals surface area contributed by atoms with Crippen molar-refractivity contribution in [2.75, 3.05) is 44.2 Å². The predicted molar refractivity (Wildman–Crippen MR) is 126 cm³/mol. The van der Waals surface area contributed by atoms with Gasteiger partial charge in [0.05, 0.1) is 15.6 Å². The van der Waals surface area contributed by atoms with Crippen molar-refractivity contribution in [2.24, 2.45) is 0 Å². The molecule has 1 amide bonds. The summed E-state index contributed by atoms with van der Waals surface area (Å²) in [7, 11) is 0. The van der Waals surface area contributed by atoms with Gasteiger partial charge in [0.2, 0.25) is 0 Å². The number of rotatable bonds is 7. The van der Waals surface area contributed by atoms with Crippen LogP contribution in [-0.4, -0.2) is 54.4 Å². The Morgan fingerprint density at radius 3 is 2.63 bits per heavy atom. The summed E-state index contributed by atoms with van der Waals surface area (Å²) in [6, 6.07) is 13.3. The normalized spacial score (nSPS) is 14.9. The van der Waals surface area contributed by atoms with E-state index in [4.69, 9.17) is 23.2 Å². The highest BCUT2D eigenvalue weighted by Gasteiger charge is 2.20. The van der Waals surface area contributed by atoms with Crippen LogP contribution >= 0.6 is 34.7 Å². The number of hydrogen-bond donors (Lipinski definition) is 1. The maximum Gasteiger partial charge on any atom is 0.251 e. The lowest BCUT2D eigenvalue weighted by atomic mass is 10.2. The van der Waals surface area contributed by atoms with Crippen LogP contribution < -0.4 is 10.2 Å². The summed E-state index contributed by atoms with van der Waals surface area (Å²) in [5.74, 6) is -0.112. The maximum atomic E-state index is 12.2. The summed E-state index contributed by atoms with van der Waals surface area (Å²) in [5.41, 5.74) is 1.62. The van der Waals surface area contributed by atoms with E-state index in [1.165, 1.54) is 10.4 Å². The molecule has 0 atom stereocenters. The van der Waals surface area contributed by atoms with Gasteiger partial charge in [-0.05, 0) is 61.3 Å². The molecule has 1 N–H and O–H groups in total. The molecular formula is C22H24Cl2N4OS. The van der Waals surface area contributed by atoms with Crippen LogP contribution in [-0.2, 0) is 0 Å². The highest BCUT2D eigenvalue weighted by atomic mass is 35.5. The van der Waals surface area contributed by atoms with Crippen molar-refractivity contribution in [3.8, 4) is 0 Å². The van der Waals surface area contributed by atoms with E-state index in [0.717, 1.165) is 51.1 Å². The summed E-state index contributed by atoms with van der Waals surface area (Å²) in [6.07, 6.45) is 2.01. The average Bonchev–Trinajstić information content (AvgIpc) is 3.20. The maximum absolute atomic E-state index is 12.2. The van der Waals surface area contributed by atoms with E-state index in [-0.39, 0.29) is 5.91 Å². The topological polar surface area (TPSA) is 48.5 Å². The minimum Gasteiger partial charge on any atom is -0.359 e. The first kappa shape index (κ1) is 21.4. The van der Waals surface area contributed by atoms with Gasteiger partial charge in [0.1, 0.15) is 5.00 Å².